The van der Waals surface area contributed by atoms with Crippen LogP contribution in [-0.4, -0.2) is 57.4 Å². The molecular weight excluding hydrogens is 410 g/mol. The van der Waals surface area contributed by atoms with Gasteiger partial charge in [-0.3, -0.25) is 14.4 Å². The highest BCUT2D eigenvalue weighted by Crippen LogP contribution is 2.56. The Morgan fingerprint density at radius 2 is 1.87 bits per heavy atom. The van der Waals surface area contributed by atoms with Crippen molar-refractivity contribution in [1.29, 1.82) is 0 Å². The lowest BCUT2D eigenvalue weighted by atomic mass is 9.94. The highest BCUT2D eigenvalue weighted by molar-refractivity contribution is 8.01. The van der Waals surface area contributed by atoms with Crippen LogP contribution in [0.5, 0.6) is 0 Å². The van der Waals surface area contributed by atoms with Crippen molar-refractivity contribution in [3.63, 3.8) is 0 Å². The molecule has 0 saturated carbocycles. The zero-order chi connectivity index (χ0) is 22.3. The molecule has 2 fully saturated rings. The Balaban J connectivity index is 1.58. The number of nitrogens with one attached hydrogen (secondary N) is 1. The molecule has 1 N–H and O–H groups in total. The molecule has 1 aromatic rings. The van der Waals surface area contributed by atoms with E-state index in [1.165, 1.54) is 0 Å². The lowest BCUT2D eigenvalue weighted by Crippen LogP contribution is -2.59. The average molecular weight is 444 g/mol. The van der Waals surface area contributed by atoms with Crippen LogP contribution in [0.4, 0.5) is 0 Å². The number of hydrogen-bond donors (Lipinski definition) is 1. The van der Waals surface area contributed by atoms with E-state index in [4.69, 9.17) is 0 Å². The topological polar surface area (TPSA) is 69.7 Å². The van der Waals surface area contributed by atoms with Crippen molar-refractivity contribution >= 4 is 29.5 Å². The van der Waals surface area contributed by atoms with E-state index >= 15 is 0 Å². The molecule has 0 spiro atoms. The quantitative estimate of drug-likeness (QED) is 0.755. The van der Waals surface area contributed by atoms with E-state index in [0.29, 0.717) is 5.56 Å². The Bertz CT molecular complexity index is 881. The highest BCUT2D eigenvalue weighted by atomic mass is 32.2. The molecule has 2 saturated heterocycles. The molecule has 3 aliphatic heterocycles. The van der Waals surface area contributed by atoms with Gasteiger partial charge in [-0.25, -0.2) is 0 Å². The Kier molecular flexibility index (Phi) is 6.08. The summed E-state index contributed by atoms with van der Waals surface area (Å²) in [5, 5.41) is 2.93. The van der Waals surface area contributed by atoms with Gasteiger partial charge in [-0.05, 0) is 50.7 Å². The fraction of sp³-hybridized carbons (Fsp3) is 0.625. The zero-order valence-corrected chi connectivity index (χ0v) is 19.7. The van der Waals surface area contributed by atoms with Crippen molar-refractivity contribution in [3.8, 4) is 0 Å². The molecule has 3 aliphatic rings. The minimum atomic E-state index is -0.622. The maximum Gasteiger partial charge on any atom is 0.256 e. The number of benzene rings is 1. The number of piperidine rings is 1. The first-order valence-electron chi connectivity index (χ1n) is 11.4. The molecule has 3 heterocycles. The van der Waals surface area contributed by atoms with Gasteiger partial charge in [0.1, 0.15) is 17.5 Å². The van der Waals surface area contributed by atoms with Crippen molar-refractivity contribution in [3.05, 3.63) is 35.4 Å². The second-order valence-electron chi connectivity index (χ2n) is 9.53. The van der Waals surface area contributed by atoms with Gasteiger partial charge in [-0.1, -0.05) is 38.5 Å². The summed E-state index contributed by atoms with van der Waals surface area (Å²) >= 11 is 1.65. The number of amides is 3. The number of carbonyl (C=O) groups is 3. The molecule has 4 rings (SSSR count). The van der Waals surface area contributed by atoms with Gasteiger partial charge in [0.25, 0.3) is 5.91 Å². The second kappa shape index (κ2) is 8.49. The van der Waals surface area contributed by atoms with Crippen LogP contribution in [0.2, 0.25) is 0 Å². The van der Waals surface area contributed by atoms with E-state index in [0.717, 1.165) is 44.3 Å². The molecule has 168 valence electrons. The summed E-state index contributed by atoms with van der Waals surface area (Å²) in [5.41, 5.74) is 1.65. The summed E-state index contributed by atoms with van der Waals surface area (Å²) in [6, 6.07) is 6.43. The van der Waals surface area contributed by atoms with Crippen LogP contribution in [0.15, 0.2) is 24.3 Å². The maximum atomic E-state index is 13.6. The molecule has 0 aromatic heterocycles. The number of nitrogens with zero attached hydrogens (tertiary/aromatic N) is 2. The van der Waals surface area contributed by atoms with Crippen LogP contribution >= 0.6 is 11.8 Å². The van der Waals surface area contributed by atoms with Crippen molar-refractivity contribution in [2.75, 3.05) is 13.1 Å². The first-order chi connectivity index (χ1) is 14.8. The third-order valence-corrected chi connectivity index (χ3v) is 8.52. The zero-order valence-electron chi connectivity index (χ0n) is 18.9. The number of fused-ring (bicyclic) bond motifs is 3. The minimum Gasteiger partial charge on any atom is -0.342 e. The second-order valence-corrected chi connectivity index (χ2v) is 11.3. The summed E-state index contributed by atoms with van der Waals surface area (Å²) < 4.78 is -0.452. The standard InChI is InChI=1S/C24H33N3O3S/c1-5-15(2)18(22(30)26-13-9-6-10-14-26)25-20(28)19-24(3,4)31-23-17-12-8-7-11-16(17)21(29)27(19)23/h7-8,11-12,15,18-19,23H,5-6,9-10,13-14H2,1-4H3,(H,25,28)/t15-,18+,19-,23+/m1/s1. The van der Waals surface area contributed by atoms with Crippen molar-refractivity contribution in [1.82, 2.24) is 15.1 Å². The summed E-state index contributed by atoms with van der Waals surface area (Å²) in [6.07, 6.45) is 3.98. The first kappa shape index (κ1) is 22.2. The first-order valence-corrected chi connectivity index (χ1v) is 12.3. The Labute approximate surface area is 189 Å². The van der Waals surface area contributed by atoms with Crippen molar-refractivity contribution in [2.45, 2.75) is 75.6 Å². The fourth-order valence-corrected chi connectivity index (χ4v) is 6.62. The average Bonchev–Trinajstić information content (AvgIpc) is 3.20. The molecule has 1 aromatic carbocycles. The lowest BCUT2D eigenvalue weighted by Gasteiger charge is -2.35. The van der Waals surface area contributed by atoms with Gasteiger partial charge >= 0.3 is 0 Å². The molecule has 4 atom stereocenters. The van der Waals surface area contributed by atoms with Gasteiger partial charge in [-0.2, -0.15) is 0 Å². The Morgan fingerprint density at radius 3 is 2.55 bits per heavy atom. The van der Waals surface area contributed by atoms with Gasteiger partial charge in [0.05, 0.1) is 0 Å². The van der Waals surface area contributed by atoms with Crippen LogP contribution < -0.4 is 5.32 Å². The molecule has 0 bridgehead atoms. The van der Waals surface area contributed by atoms with Gasteiger partial charge in [0.15, 0.2) is 0 Å². The van der Waals surface area contributed by atoms with Crippen LogP contribution in [0, 0.1) is 5.92 Å². The van der Waals surface area contributed by atoms with Gasteiger partial charge in [0, 0.05) is 23.4 Å². The van der Waals surface area contributed by atoms with E-state index in [9.17, 15) is 14.4 Å². The normalized spacial score (nSPS) is 26.3. The monoisotopic (exact) mass is 443 g/mol. The fourth-order valence-electron chi connectivity index (χ4n) is 5.03. The predicted octanol–water partition coefficient (Wildman–Crippen LogP) is 3.58. The van der Waals surface area contributed by atoms with Crippen LogP contribution in [0.25, 0.3) is 0 Å². The third kappa shape index (κ3) is 3.86. The summed E-state index contributed by atoms with van der Waals surface area (Å²) in [7, 11) is 0. The molecule has 0 aliphatic carbocycles. The predicted molar refractivity (Wildman–Crippen MR) is 123 cm³/mol. The summed E-state index contributed by atoms with van der Waals surface area (Å²) in [4.78, 5) is 43.8. The molecule has 3 amide bonds. The minimum absolute atomic E-state index is 0.0124. The molecule has 6 nitrogen and oxygen atoms in total. The van der Waals surface area contributed by atoms with Crippen molar-refractivity contribution in [2.24, 2.45) is 5.92 Å². The number of likely N-dealkylation sites (tertiary alicyclic amines) is 1. The number of carbonyl (C=O) groups excluding carboxylic acids is 3. The molecule has 0 unspecified atom stereocenters. The Hall–Kier alpha value is -2.02. The SMILES string of the molecule is CC[C@@H](C)[C@H](NC(=O)[C@H]1N2C(=O)c3ccccc3[C@@H]2SC1(C)C)C(=O)N1CCCCC1. The third-order valence-electron chi connectivity index (χ3n) is 6.99. The van der Waals surface area contributed by atoms with Crippen molar-refractivity contribution < 1.29 is 14.4 Å². The highest BCUT2D eigenvalue weighted by Gasteiger charge is 2.57. The number of rotatable bonds is 5. The smallest absolute Gasteiger partial charge is 0.256 e. The largest absolute Gasteiger partial charge is 0.342 e. The van der Waals surface area contributed by atoms with Crippen LogP contribution in [-0.2, 0) is 9.59 Å². The van der Waals surface area contributed by atoms with Crippen LogP contribution in [0.3, 0.4) is 0 Å². The number of thioether (sulfide) groups is 1. The van der Waals surface area contributed by atoms with Gasteiger partial charge < -0.3 is 15.1 Å². The number of hydrogen-bond acceptors (Lipinski definition) is 4. The van der Waals surface area contributed by atoms with E-state index in [-0.39, 0.29) is 29.0 Å². The van der Waals surface area contributed by atoms with Gasteiger partial charge in [0.2, 0.25) is 11.8 Å². The van der Waals surface area contributed by atoms with Crippen LogP contribution in [0.1, 0.15) is 74.7 Å². The van der Waals surface area contributed by atoms with E-state index in [1.807, 2.05) is 56.9 Å². The molecular formula is C24H33N3O3S. The lowest BCUT2D eigenvalue weighted by molar-refractivity contribution is -0.139. The molecule has 0 radical (unpaired) electrons. The molecule has 31 heavy (non-hydrogen) atoms. The summed E-state index contributed by atoms with van der Waals surface area (Å²) in [6.45, 7) is 9.60. The molecule has 7 heteroatoms. The maximum absolute atomic E-state index is 13.6. The van der Waals surface area contributed by atoms with E-state index in [1.54, 1.807) is 16.7 Å². The van der Waals surface area contributed by atoms with E-state index < -0.39 is 16.8 Å². The van der Waals surface area contributed by atoms with Gasteiger partial charge in [-0.15, -0.1) is 11.8 Å². The summed E-state index contributed by atoms with van der Waals surface area (Å²) in [5.74, 6) is -0.283. The van der Waals surface area contributed by atoms with E-state index in [2.05, 4.69) is 5.32 Å². The Morgan fingerprint density at radius 1 is 1.19 bits per heavy atom.